The predicted octanol–water partition coefficient (Wildman–Crippen LogP) is 9.61. The Kier molecular flexibility index (Phi) is 5.52. The maximum atomic E-state index is 5.23. The highest BCUT2D eigenvalue weighted by Crippen LogP contribution is 2.45. The summed E-state index contributed by atoms with van der Waals surface area (Å²) in [5.74, 6) is 1.62. The van der Waals surface area contributed by atoms with E-state index in [1.54, 1.807) is 0 Å². The van der Waals surface area contributed by atoms with Crippen LogP contribution in [0, 0.1) is 0 Å². The highest BCUT2D eigenvalue weighted by atomic mass is 32.2. The minimum absolute atomic E-state index is 0.735. The van der Waals surface area contributed by atoms with Crippen LogP contribution < -0.4 is 0 Å². The number of hydrogen-bond acceptors (Lipinski definition) is 3. The molecule has 0 saturated heterocycles. The molecule has 0 saturated carbocycles. The Morgan fingerprint density at radius 1 is 0.675 bits per heavy atom. The minimum atomic E-state index is 0.735. The van der Waals surface area contributed by atoms with Crippen LogP contribution in [0.4, 0.5) is 0 Å². The van der Waals surface area contributed by atoms with Gasteiger partial charge in [-0.2, -0.15) is 0 Å². The van der Waals surface area contributed by atoms with E-state index in [4.69, 9.17) is 9.97 Å². The minimum Gasteiger partial charge on any atom is -0.292 e. The zero-order valence-electron chi connectivity index (χ0n) is 21.8. The summed E-state index contributed by atoms with van der Waals surface area (Å²) in [4.78, 5) is 12.8. The third-order valence-electron chi connectivity index (χ3n) is 7.66. The maximum absolute atomic E-state index is 5.23. The van der Waals surface area contributed by atoms with Crippen molar-refractivity contribution in [1.29, 1.82) is 0 Å². The smallest absolute Gasteiger partial charge is 0.162 e. The first-order valence-electron chi connectivity index (χ1n) is 13.7. The highest BCUT2D eigenvalue weighted by molar-refractivity contribution is 7.99. The molecule has 0 atom stereocenters. The van der Waals surface area contributed by atoms with Crippen molar-refractivity contribution in [3.63, 3.8) is 0 Å². The van der Waals surface area contributed by atoms with E-state index in [1.165, 1.54) is 37.2 Å². The van der Waals surface area contributed by atoms with E-state index in [9.17, 15) is 0 Å². The second kappa shape index (κ2) is 9.51. The molecule has 8 rings (SSSR count). The Morgan fingerprint density at radius 3 is 2.40 bits per heavy atom. The standard InChI is InChI=1S/C36H25N3S/c1-3-11-24(12-4-1)30-23-33(38-36(37-30)27-14-5-2-6-15-27)39-31-17-9-8-16-28(31)29-22-21-26-20-19-25-13-7-10-18-32(25)40-35(26)34(29)39/h2-3,5-23H,1,4H2. The number of hydrogen-bond donors (Lipinski definition) is 0. The lowest BCUT2D eigenvalue weighted by molar-refractivity contribution is 1.01. The van der Waals surface area contributed by atoms with Crippen molar-refractivity contribution in [3.8, 4) is 17.2 Å². The third kappa shape index (κ3) is 3.83. The van der Waals surface area contributed by atoms with Crippen molar-refractivity contribution in [2.24, 2.45) is 0 Å². The van der Waals surface area contributed by atoms with Gasteiger partial charge in [0.05, 0.1) is 16.7 Å². The van der Waals surface area contributed by atoms with Crippen LogP contribution in [0.15, 0.2) is 125 Å². The molecule has 4 heteroatoms. The normalized spacial score (nSPS) is 14.2. The molecule has 0 unspecified atom stereocenters. The molecule has 2 aromatic heterocycles. The second-order valence-corrected chi connectivity index (χ2v) is 11.2. The molecule has 2 aliphatic rings. The summed E-state index contributed by atoms with van der Waals surface area (Å²) in [7, 11) is 0. The number of rotatable bonds is 3. The van der Waals surface area contributed by atoms with Gasteiger partial charge in [0.15, 0.2) is 5.82 Å². The molecule has 1 aliphatic carbocycles. The summed E-state index contributed by atoms with van der Waals surface area (Å²) in [6.45, 7) is 0. The van der Waals surface area contributed by atoms with E-state index in [-0.39, 0.29) is 0 Å². The predicted molar refractivity (Wildman–Crippen MR) is 168 cm³/mol. The van der Waals surface area contributed by atoms with Gasteiger partial charge in [-0.25, -0.2) is 9.97 Å². The summed E-state index contributed by atoms with van der Waals surface area (Å²) < 4.78 is 2.35. The number of aromatic nitrogens is 3. The van der Waals surface area contributed by atoms with Crippen LogP contribution in [0.25, 0.3) is 56.7 Å². The maximum Gasteiger partial charge on any atom is 0.162 e. The summed E-state index contributed by atoms with van der Waals surface area (Å²) in [5, 5.41) is 2.45. The number of benzene rings is 4. The average molecular weight is 532 g/mol. The van der Waals surface area contributed by atoms with E-state index in [1.807, 2.05) is 30.0 Å². The van der Waals surface area contributed by atoms with Crippen LogP contribution >= 0.6 is 11.8 Å². The Morgan fingerprint density at radius 2 is 1.50 bits per heavy atom. The Balaban J connectivity index is 1.46. The molecule has 0 radical (unpaired) electrons. The molecule has 0 spiro atoms. The quantitative estimate of drug-likeness (QED) is 0.227. The van der Waals surface area contributed by atoms with Gasteiger partial charge in [0.1, 0.15) is 5.82 Å². The van der Waals surface area contributed by atoms with Gasteiger partial charge < -0.3 is 0 Å². The van der Waals surface area contributed by atoms with Crippen LogP contribution in [0.5, 0.6) is 0 Å². The Hall–Kier alpha value is -4.67. The molecule has 0 bridgehead atoms. The van der Waals surface area contributed by atoms with Crippen LogP contribution in [0.3, 0.4) is 0 Å². The van der Waals surface area contributed by atoms with Crippen molar-refractivity contribution < 1.29 is 0 Å². The first-order valence-corrected chi connectivity index (χ1v) is 14.5. The topological polar surface area (TPSA) is 30.7 Å². The summed E-state index contributed by atoms with van der Waals surface area (Å²) >= 11 is 1.84. The largest absolute Gasteiger partial charge is 0.292 e. The highest BCUT2D eigenvalue weighted by Gasteiger charge is 2.22. The van der Waals surface area contributed by atoms with Gasteiger partial charge in [-0.05, 0) is 41.7 Å². The number of fused-ring (bicyclic) bond motifs is 6. The SMILES string of the molecule is C1=CC(c2cc(-n3c4ccccc4c4ccc5c(c43)Sc3ccccc3C=C5)nc(-c3ccccc3)n2)=CCC1. The molecular formula is C36H25N3S. The fourth-order valence-electron chi connectivity index (χ4n) is 5.74. The zero-order chi connectivity index (χ0) is 26.5. The molecule has 0 fully saturated rings. The summed E-state index contributed by atoms with van der Waals surface area (Å²) in [6, 6.07) is 34.3. The molecule has 3 nitrogen and oxygen atoms in total. The molecule has 4 aromatic carbocycles. The number of para-hydroxylation sites is 1. The molecule has 0 N–H and O–H groups in total. The van der Waals surface area contributed by atoms with Gasteiger partial charge in [0.2, 0.25) is 0 Å². The van der Waals surface area contributed by atoms with Gasteiger partial charge in [-0.15, -0.1) is 0 Å². The molecule has 3 heterocycles. The lowest BCUT2D eigenvalue weighted by Gasteiger charge is -2.15. The van der Waals surface area contributed by atoms with Crippen LogP contribution in [0.1, 0.15) is 29.7 Å². The number of nitrogens with zero attached hydrogens (tertiary/aromatic N) is 3. The van der Waals surface area contributed by atoms with Crippen molar-refractivity contribution in [2.45, 2.75) is 22.6 Å². The molecule has 40 heavy (non-hydrogen) atoms. The fraction of sp³-hybridized carbons (Fsp3) is 0.0556. The van der Waals surface area contributed by atoms with Gasteiger partial charge in [-0.1, -0.05) is 121 Å². The summed E-state index contributed by atoms with van der Waals surface area (Å²) in [5.41, 5.74) is 7.89. The Labute approximate surface area is 237 Å². The van der Waals surface area contributed by atoms with Crippen molar-refractivity contribution in [2.75, 3.05) is 0 Å². The van der Waals surface area contributed by atoms with E-state index < -0.39 is 0 Å². The molecule has 0 amide bonds. The van der Waals surface area contributed by atoms with Crippen molar-refractivity contribution >= 4 is 51.3 Å². The lowest BCUT2D eigenvalue weighted by atomic mass is 10.0. The van der Waals surface area contributed by atoms with Crippen LogP contribution in [0.2, 0.25) is 0 Å². The third-order valence-corrected chi connectivity index (χ3v) is 8.88. The van der Waals surface area contributed by atoms with Crippen LogP contribution in [-0.2, 0) is 0 Å². The molecule has 1 aliphatic heterocycles. The zero-order valence-corrected chi connectivity index (χ0v) is 22.6. The van der Waals surface area contributed by atoms with Gasteiger partial charge in [-0.3, -0.25) is 4.57 Å². The van der Waals surface area contributed by atoms with E-state index in [0.29, 0.717) is 0 Å². The second-order valence-electron chi connectivity index (χ2n) is 10.1. The van der Waals surface area contributed by atoms with Crippen molar-refractivity contribution in [1.82, 2.24) is 14.5 Å². The molecule has 6 aromatic rings. The Bertz CT molecular complexity index is 2030. The molecule has 190 valence electrons. The average Bonchev–Trinajstić information content (AvgIpc) is 3.24. The first kappa shape index (κ1) is 23.2. The van der Waals surface area contributed by atoms with E-state index in [0.717, 1.165) is 46.8 Å². The van der Waals surface area contributed by atoms with E-state index >= 15 is 0 Å². The first-order chi connectivity index (χ1) is 19.8. The molecular weight excluding hydrogens is 506 g/mol. The van der Waals surface area contributed by atoms with E-state index in [2.05, 4.69) is 114 Å². The lowest BCUT2D eigenvalue weighted by Crippen LogP contribution is -2.04. The van der Waals surface area contributed by atoms with Crippen molar-refractivity contribution in [3.05, 3.63) is 132 Å². The van der Waals surface area contributed by atoms with Crippen LogP contribution in [-0.4, -0.2) is 14.5 Å². The number of allylic oxidation sites excluding steroid dienone is 4. The fourth-order valence-corrected chi connectivity index (χ4v) is 6.91. The van der Waals surface area contributed by atoms with Gasteiger partial charge >= 0.3 is 0 Å². The van der Waals surface area contributed by atoms with Gasteiger partial charge in [0.25, 0.3) is 0 Å². The van der Waals surface area contributed by atoms with Gasteiger partial charge in [0, 0.05) is 32.2 Å². The summed E-state index contributed by atoms with van der Waals surface area (Å²) in [6.07, 6.45) is 13.3. The monoisotopic (exact) mass is 531 g/mol.